The highest BCUT2D eigenvalue weighted by molar-refractivity contribution is 5.84. The molecule has 0 saturated carbocycles. The van der Waals surface area contributed by atoms with Crippen LogP contribution in [0.2, 0.25) is 0 Å². The van der Waals surface area contributed by atoms with E-state index in [1.807, 2.05) is 24.4 Å². The zero-order valence-electron chi connectivity index (χ0n) is 17.7. The molecule has 0 amide bonds. The SMILES string of the molecule is O=[N+]([O-])c1cccc(CN(CCc2c[nH]c3ccc(O)cc23)Cc2cccc([N+](=O)[O-])c2)c1. The number of non-ortho nitro benzene ring substituents is 2. The number of H-pyrrole nitrogens is 1. The first-order valence-electron chi connectivity index (χ1n) is 10.4. The van der Waals surface area contributed by atoms with E-state index in [-0.39, 0.29) is 17.1 Å². The number of phenolic OH excluding ortho intramolecular Hbond substituents is 1. The number of aromatic nitrogens is 1. The number of rotatable bonds is 9. The summed E-state index contributed by atoms with van der Waals surface area (Å²) in [6, 6.07) is 18.1. The Morgan fingerprint density at radius 1 is 0.848 bits per heavy atom. The second-order valence-corrected chi connectivity index (χ2v) is 7.86. The third-order valence-electron chi connectivity index (χ3n) is 5.50. The Hall–Kier alpha value is -4.24. The lowest BCUT2D eigenvalue weighted by molar-refractivity contribution is -0.385. The minimum atomic E-state index is -0.424. The van der Waals surface area contributed by atoms with Gasteiger partial charge in [-0.05, 0) is 41.3 Å². The summed E-state index contributed by atoms with van der Waals surface area (Å²) < 4.78 is 0. The Morgan fingerprint density at radius 2 is 1.45 bits per heavy atom. The van der Waals surface area contributed by atoms with E-state index in [2.05, 4.69) is 9.88 Å². The van der Waals surface area contributed by atoms with E-state index in [9.17, 15) is 25.3 Å². The molecule has 0 unspecified atom stereocenters. The predicted octanol–water partition coefficient (Wildman–Crippen LogP) is 4.93. The highest BCUT2D eigenvalue weighted by atomic mass is 16.6. The van der Waals surface area contributed by atoms with E-state index in [1.165, 1.54) is 12.1 Å². The van der Waals surface area contributed by atoms with Crippen LogP contribution in [0, 0.1) is 20.2 Å². The molecular formula is C24H22N4O5. The van der Waals surface area contributed by atoms with Crippen LogP contribution in [-0.4, -0.2) is 31.4 Å². The Balaban J connectivity index is 1.58. The lowest BCUT2D eigenvalue weighted by Crippen LogP contribution is -2.25. The maximum atomic E-state index is 11.2. The number of aromatic amines is 1. The Kier molecular flexibility index (Phi) is 6.32. The van der Waals surface area contributed by atoms with Gasteiger partial charge in [-0.2, -0.15) is 0 Å². The average Bonchev–Trinajstić information content (AvgIpc) is 3.19. The van der Waals surface area contributed by atoms with Crippen LogP contribution in [0.4, 0.5) is 11.4 Å². The largest absolute Gasteiger partial charge is 0.508 e. The number of aromatic hydroxyl groups is 1. The summed E-state index contributed by atoms with van der Waals surface area (Å²) in [6.45, 7) is 1.49. The van der Waals surface area contributed by atoms with Crippen molar-refractivity contribution in [3.63, 3.8) is 0 Å². The van der Waals surface area contributed by atoms with Crippen LogP contribution in [-0.2, 0) is 19.5 Å². The maximum Gasteiger partial charge on any atom is 0.269 e. The van der Waals surface area contributed by atoms with Crippen LogP contribution in [0.3, 0.4) is 0 Å². The summed E-state index contributed by atoms with van der Waals surface area (Å²) in [4.78, 5) is 26.8. The Labute approximate surface area is 189 Å². The van der Waals surface area contributed by atoms with Gasteiger partial charge in [-0.25, -0.2) is 0 Å². The number of nitro groups is 2. The van der Waals surface area contributed by atoms with Crippen molar-refractivity contribution in [2.75, 3.05) is 6.54 Å². The second-order valence-electron chi connectivity index (χ2n) is 7.86. The van der Waals surface area contributed by atoms with Crippen LogP contribution >= 0.6 is 0 Å². The van der Waals surface area contributed by atoms with Gasteiger partial charge in [-0.1, -0.05) is 24.3 Å². The summed E-state index contributed by atoms with van der Waals surface area (Å²) in [5, 5.41) is 33.1. The van der Waals surface area contributed by atoms with E-state index in [4.69, 9.17) is 0 Å². The molecule has 9 heteroatoms. The summed E-state index contributed by atoms with van der Waals surface area (Å²) in [7, 11) is 0. The van der Waals surface area contributed by atoms with Crippen molar-refractivity contribution in [3.8, 4) is 5.75 Å². The van der Waals surface area contributed by atoms with Crippen molar-refractivity contribution in [1.29, 1.82) is 0 Å². The van der Waals surface area contributed by atoms with Crippen molar-refractivity contribution in [2.45, 2.75) is 19.5 Å². The normalized spacial score (nSPS) is 11.2. The fourth-order valence-electron chi connectivity index (χ4n) is 3.92. The highest BCUT2D eigenvalue weighted by Crippen LogP contribution is 2.24. The molecule has 3 aromatic carbocycles. The van der Waals surface area contributed by atoms with Crippen LogP contribution < -0.4 is 0 Å². The molecule has 0 radical (unpaired) electrons. The number of phenols is 1. The molecule has 1 heterocycles. The molecule has 4 rings (SSSR count). The molecular weight excluding hydrogens is 424 g/mol. The lowest BCUT2D eigenvalue weighted by atomic mass is 10.1. The third-order valence-corrected chi connectivity index (χ3v) is 5.50. The van der Waals surface area contributed by atoms with Gasteiger partial charge in [0.2, 0.25) is 0 Å². The molecule has 0 spiro atoms. The number of nitro benzene ring substituents is 2. The zero-order valence-corrected chi connectivity index (χ0v) is 17.7. The van der Waals surface area contributed by atoms with E-state index >= 15 is 0 Å². The van der Waals surface area contributed by atoms with Crippen LogP contribution in [0.1, 0.15) is 16.7 Å². The van der Waals surface area contributed by atoms with Gasteiger partial charge in [-0.3, -0.25) is 25.1 Å². The van der Waals surface area contributed by atoms with Gasteiger partial charge in [-0.15, -0.1) is 0 Å². The number of benzene rings is 3. The summed E-state index contributed by atoms with van der Waals surface area (Å²) in [5.41, 5.74) is 3.57. The molecule has 168 valence electrons. The van der Waals surface area contributed by atoms with Crippen molar-refractivity contribution in [3.05, 3.63) is 110 Å². The second kappa shape index (κ2) is 9.49. The molecule has 2 N–H and O–H groups in total. The molecule has 0 aliphatic rings. The topological polar surface area (TPSA) is 126 Å². The van der Waals surface area contributed by atoms with Gasteiger partial charge in [0, 0.05) is 61.0 Å². The number of hydrogen-bond acceptors (Lipinski definition) is 6. The Morgan fingerprint density at radius 3 is 2.03 bits per heavy atom. The number of hydrogen-bond donors (Lipinski definition) is 2. The standard InChI is InChI=1S/C24H22N4O5/c29-22-7-8-24-23(13-22)19(14-25-24)9-10-26(15-17-3-1-5-20(11-17)27(30)31)16-18-4-2-6-21(12-18)28(32)33/h1-8,11-14,25,29H,9-10,15-16H2. The maximum absolute atomic E-state index is 11.2. The molecule has 1 aromatic heterocycles. The van der Waals surface area contributed by atoms with Gasteiger partial charge in [0.05, 0.1) is 9.85 Å². The lowest BCUT2D eigenvalue weighted by Gasteiger charge is -2.22. The van der Waals surface area contributed by atoms with E-state index in [1.54, 1.807) is 36.4 Å². The Bertz CT molecular complexity index is 1260. The van der Waals surface area contributed by atoms with Gasteiger partial charge < -0.3 is 10.1 Å². The molecule has 0 aliphatic heterocycles. The molecule has 0 fully saturated rings. The third kappa shape index (κ3) is 5.34. The number of fused-ring (bicyclic) bond motifs is 1. The molecule has 4 aromatic rings. The van der Waals surface area contributed by atoms with E-state index in [0.29, 0.717) is 26.1 Å². The monoisotopic (exact) mass is 446 g/mol. The smallest absolute Gasteiger partial charge is 0.269 e. The van der Waals surface area contributed by atoms with Crippen LogP contribution in [0.25, 0.3) is 10.9 Å². The molecule has 0 aliphatic carbocycles. The fourth-order valence-corrected chi connectivity index (χ4v) is 3.92. The summed E-state index contributed by atoms with van der Waals surface area (Å²) in [6.07, 6.45) is 2.57. The van der Waals surface area contributed by atoms with E-state index in [0.717, 1.165) is 27.6 Å². The first-order chi connectivity index (χ1) is 15.9. The zero-order chi connectivity index (χ0) is 23.4. The average molecular weight is 446 g/mol. The molecule has 9 nitrogen and oxygen atoms in total. The first-order valence-corrected chi connectivity index (χ1v) is 10.4. The van der Waals surface area contributed by atoms with Gasteiger partial charge in [0.15, 0.2) is 0 Å². The molecule has 0 saturated heterocycles. The van der Waals surface area contributed by atoms with Crippen LogP contribution in [0.5, 0.6) is 5.75 Å². The van der Waals surface area contributed by atoms with Gasteiger partial charge in [0.1, 0.15) is 5.75 Å². The highest BCUT2D eigenvalue weighted by Gasteiger charge is 2.14. The fraction of sp³-hybridized carbons (Fsp3) is 0.167. The minimum Gasteiger partial charge on any atom is -0.508 e. The molecule has 0 atom stereocenters. The van der Waals surface area contributed by atoms with E-state index < -0.39 is 9.85 Å². The van der Waals surface area contributed by atoms with Crippen molar-refractivity contribution in [1.82, 2.24) is 9.88 Å². The van der Waals surface area contributed by atoms with Crippen molar-refractivity contribution in [2.24, 2.45) is 0 Å². The predicted molar refractivity (Wildman–Crippen MR) is 124 cm³/mol. The van der Waals surface area contributed by atoms with Crippen molar-refractivity contribution >= 4 is 22.3 Å². The minimum absolute atomic E-state index is 0.0231. The van der Waals surface area contributed by atoms with Gasteiger partial charge in [0.25, 0.3) is 11.4 Å². The molecule has 33 heavy (non-hydrogen) atoms. The van der Waals surface area contributed by atoms with Crippen LogP contribution in [0.15, 0.2) is 72.9 Å². The quantitative estimate of drug-likeness (QED) is 0.277. The number of nitrogens with one attached hydrogen (secondary N) is 1. The van der Waals surface area contributed by atoms with Crippen molar-refractivity contribution < 1.29 is 15.0 Å². The van der Waals surface area contributed by atoms with Gasteiger partial charge >= 0.3 is 0 Å². The first kappa shape index (κ1) is 22.0. The summed E-state index contributed by atoms with van der Waals surface area (Å²) in [5.74, 6) is 0.188. The number of nitrogens with zero attached hydrogens (tertiary/aromatic N) is 3. The molecule has 0 bridgehead atoms. The summed E-state index contributed by atoms with van der Waals surface area (Å²) >= 11 is 0.